The molecule has 1 aliphatic carbocycles. The van der Waals surface area contributed by atoms with E-state index in [1.807, 2.05) is 65.6 Å². The van der Waals surface area contributed by atoms with Gasteiger partial charge in [-0.15, -0.1) is 23.5 Å². The van der Waals surface area contributed by atoms with Gasteiger partial charge in [-0.3, -0.25) is 9.69 Å². The van der Waals surface area contributed by atoms with Gasteiger partial charge in [0.1, 0.15) is 11.5 Å². The van der Waals surface area contributed by atoms with E-state index in [0.717, 1.165) is 15.5 Å². The van der Waals surface area contributed by atoms with Crippen LogP contribution in [0.25, 0.3) is 0 Å². The molecule has 2 atom stereocenters. The molecule has 10 heteroatoms. The summed E-state index contributed by atoms with van der Waals surface area (Å²) in [5.74, 6) is 0.835. The van der Waals surface area contributed by atoms with Crippen molar-refractivity contribution in [1.82, 2.24) is 0 Å². The van der Waals surface area contributed by atoms with Crippen molar-refractivity contribution in [2.75, 3.05) is 35.5 Å². The number of hydrogen-bond acceptors (Lipinski definition) is 6. The quantitative estimate of drug-likeness (QED) is 0.291. The molecule has 2 aliphatic rings. The zero-order valence-electron chi connectivity index (χ0n) is 21.2. The number of fused-ring (bicyclic) bond motifs is 2. The van der Waals surface area contributed by atoms with Crippen LogP contribution in [-0.4, -0.2) is 43.2 Å². The Morgan fingerprint density at radius 1 is 0.974 bits per heavy atom. The lowest BCUT2D eigenvalue weighted by Gasteiger charge is -2.40. The molecule has 1 aliphatic heterocycles. The lowest BCUT2D eigenvalue weighted by molar-refractivity contribution is -0.113. The van der Waals surface area contributed by atoms with Crippen molar-refractivity contribution >= 4 is 64.1 Å². The standard InChI is InChI=1S/C29H26ClN3O4S2/c1-36-24-16-25(37-2)21(15-20(24)30)32-28(34)17-38-19-9-7-8-18(14-19)31-29(35)33-22-10-3-5-12-26(22)39-27-13-6-4-11-23(27)33/h3-16,22,26H,17H2,1-2H3,(H,31,35)(H,32,34). The first-order chi connectivity index (χ1) is 19.0. The van der Waals surface area contributed by atoms with Crippen LogP contribution in [0, 0.1) is 0 Å². The molecule has 2 unspecified atom stereocenters. The zero-order chi connectivity index (χ0) is 27.4. The Labute approximate surface area is 240 Å². The van der Waals surface area contributed by atoms with Crippen molar-refractivity contribution < 1.29 is 19.1 Å². The molecule has 3 aromatic carbocycles. The van der Waals surface area contributed by atoms with E-state index < -0.39 is 0 Å². The largest absolute Gasteiger partial charge is 0.495 e. The lowest BCUT2D eigenvalue weighted by Crippen LogP contribution is -2.49. The SMILES string of the molecule is COc1cc(OC)c(NC(=O)CSc2cccc(NC(=O)N3c4ccccc4SC4C=CC=CC43)c2)cc1Cl. The summed E-state index contributed by atoms with van der Waals surface area (Å²) in [4.78, 5) is 30.0. The second-order valence-electron chi connectivity index (χ2n) is 8.66. The number of thioether (sulfide) groups is 2. The molecular formula is C29H26ClN3O4S2. The summed E-state index contributed by atoms with van der Waals surface area (Å²) in [6.07, 6.45) is 8.19. The van der Waals surface area contributed by atoms with Crippen LogP contribution in [0.1, 0.15) is 0 Å². The van der Waals surface area contributed by atoms with Gasteiger partial charge < -0.3 is 20.1 Å². The highest BCUT2D eigenvalue weighted by Gasteiger charge is 2.36. The van der Waals surface area contributed by atoms with Gasteiger partial charge in [0, 0.05) is 21.5 Å². The second-order valence-corrected chi connectivity index (χ2v) is 11.3. The molecule has 2 N–H and O–H groups in total. The Bertz CT molecular complexity index is 1460. The first kappa shape index (κ1) is 27.1. The number of allylic oxidation sites excluding steroid dienone is 2. The van der Waals surface area contributed by atoms with E-state index in [2.05, 4.69) is 22.8 Å². The fourth-order valence-corrected chi connectivity index (χ4v) is 6.62. The van der Waals surface area contributed by atoms with Crippen LogP contribution in [-0.2, 0) is 4.79 Å². The smallest absolute Gasteiger partial charge is 0.326 e. The molecule has 3 aromatic rings. The molecule has 0 fully saturated rings. The Morgan fingerprint density at radius 2 is 1.77 bits per heavy atom. The summed E-state index contributed by atoms with van der Waals surface area (Å²) in [7, 11) is 3.02. The number of para-hydroxylation sites is 1. The van der Waals surface area contributed by atoms with Gasteiger partial charge in [-0.1, -0.05) is 54.1 Å². The summed E-state index contributed by atoms with van der Waals surface area (Å²) < 4.78 is 10.6. The monoisotopic (exact) mass is 579 g/mol. The van der Waals surface area contributed by atoms with Crippen LogP contribution < -0.4 is 25.0 Å². The van der Waals surface area contributed by atoms with Crippen LogP contribution in [0.5, 0.6) is 11.5 Å². The second kappa shape index (κ2) is 12.1. The molecule has 0 bridgehead atoms. The Hall–Kier alpha value is -3.53. The van der Waals surface area contributed by atoms with Gasteiger partial charge in [0.15, 0.2) is 0 Å². The average Bonchev–Trinajstić information content (AvgIpc) is 2.95. The number of nitrogens with zero attached hydrogens (tertiary/aromatic N) is 1. The molecule has 39 heavy (non-hydrogen) atoms. The number of rotatable bonds is 7. The van der Waals surface area contributed by atoms with E-state index in [1.54, 1.807) is 23.9 Å². The fraction of sp³-hybridized carbons (Fsp3) is 0.172. The van der Waals surface area contributed by atoms with Gasteiger partial charge in [-0.05, 0) is 36.4 Å². The van der Waals surface area contributed by atoms with E-state index >= 15 is 0 Å². The number of carbonyl (C=O) groups is 2. The molecule has 7 nitrogen and oxygen atoms in total. The van der Waals surface area contributed by atoms with Crippen LogP contribution in [0.3, 0.4) is 0 Å². The minimum Gasteiger partial charge on any atom is -0.495 e. The van der Waals surface area contributed by atoms with Crippen molar-refractivity contribution in [2.24, 2.45) is 0 Å². The molecule has 1 heterocycles. The number of nitrogens with one attached hydrogen (secondary N) is 2. The third-order valence-corrected chi connectivity index (χ3v) is 8.76. The number of methoxy groups -OCH3 is 2. The summed E-state index contributed by atoms with van der Waals surface area (Å²) in [5.41, 5.74) is 1.99. The van der Waals surface area contributed by atoms with Crippen LogP contribution in [0.2, 0.25) is 5.02 Å². The van der Waals surface area contributed by atoms with Gasteiger partial charge in [-0.2, -0.15) is 0 Å². The third kappa shape index (κ3) is 6.06. The predicted octanol–water partition coefficient (Wildman–Crippen LogP) is 7.10. The Kier molecular flexibility index (Phi) is 8.40. The van der Waals surface area contributed by atoms with E-state index in [9.17, 15) is 9.59 Å². The first-order valence-electron chi connectivity index (χ1n) is 12.1. The number of amides is 3. The highest BCUT2D eigenvalue weighted by molar-refractivity contribution is 8.00. The fourth-order valence-electron chi connectivity index (χ4n) is 4.37. The Morgan fingerprint density at radius 3 is 2.59 bits per heavy atom. The van der Waals surface area contributed by atoms with Crippen molar-refractivity contribution in [3.8, 4) is 11.5 Å². The topological polar surface area (TPSA) is 79.9 Å². The van der Waals surface area contributed by atoms with E-state index in [0.29, 0.717) is 27.9 Å². The number of benzene rings is 3. The number of carbonyl (C=O) groups excluding carboxylic acids is 2. The highest BCUT2D eigenvalue weighted by atomic mass is 35.5. The van der Waals surface area contributed by atoms with Crippen LogP contribution >= 0.6 is 35.1 Å². The Balaban J connectivity index is 1.25. The highest BCUT2D eigenvalue weighted by Crippen LogP contribution is 2.43. The van der Waals surface area contributed by atoms with Gasteiger partial charge in [0.2, 0.25) is 5.91 Å². The average molecular weight is 580 g/mol. The van der Waals surface area contributed by atoms with Gasteiger partial charge >= 0.3 is 6.03 Å². The number of urea groups is 1. The lowest BCUT2D eigenvalue weighted by atomic mass is 10.1. The molecule has 0 saturated carbocycles. The first-order valence-corrected chi connectivity index (χ1v) is 14.4. The zero-order valence-corrected chi connectivity index (χ0v) is 23.6. The van der Waals surface area contributed by atoms with Gasteiger partial charge in [0.05, 0.1) is 47.7 Å². The summed E-state index contributed by atoms with van der Waals surface area (Å²) >= 11 is 9.33. The molecule has 0 aromatic heterocycles. The van der Waals surface area contributed by atoms with Crippen molar-refractivity contribution in [1.29, 1.82) is 0 Å². The number of hydrogen-bond donors (Lipinski definition) is 2. The minimum atomic E-state index is -0.223. The minimum absolute atomic E-state index is 0.0837. The molecule has 0 saturated heterocycles. The van der Waals surface area contributed by atoms with E-state index in [-0.39, 0.29) is 29.0 Å². The molecular weight excluding hydrogens is 554 g/mol. The van der Waals surface area contributed by atoms with Crippen molar-refractivity contribution in [2.45, 2.75) is 21.1 Å². The third-order valence-electron chi connectivity index (χ3n) is 6.16. The van der Waals surface area contributed by atoms with E-state index in [4.69, 9.17) is 21.1 Å². The maximum absolute atomic E-state index is 13.5. The van der Waals surface area contributed by atoms with Crippen molar-refractivity contribution in [3.05, 3.63) is 90.0 Å². The molecule has 3 amide bonds. The molecule has 0 spiro atoms. The maximum Gasteiger partial charge on any atom is 0.326 e. The molecule has 5 rings (SSSR count). The number of halogens is 1. The number of anilines is 3. The summed E-state index contributed by atoms with van der Waals surface area (Å²) in [5, 5.41) is 6.40. The van der Waals surface area contributed by atoms with E-state index in [1.165, 1.54) is 26.0 Å². The normalized spacial score (nSPS) is 17.2. The van der Waals surface area contributed by atoms with Crippen LogP contribution in [0.15, 0.2) is 94.8 Å². The molecule has 0 radical (unpaired) electrons. The van der Waals surface area contributed by atoms with Gasteiger partial charge in [-0.25, -0.2) is 4.79 Å². The maximum atomic E-state index is 13.5. The number of ether oxygens (including phenoxy) is 2. The van der Waals surface area contributed by atoms with Crippen LogP contribution in [0.4, 0.5) is 21.9 Å². The molecule has 200 valence electrons. The van der Waals surface area contributed by atoms with Gasteiger partial charge in [0.25, 0.3) is 0 Å². The predicted molar refractivity (Wildman–Crippen MR) is 160 cm³/mol. The summed E-state index contributed by atoms with van der Waals surface area (Å²) in [6, 6.07) is 18.3. The summed E-state index contributed by atoms with van der Waals surface area (Å²) in [6.45, 7) is 0. The van der Waals surface area contributed by atoms with Crippen molar-refractivity contribution in [3.63, 3.8) is 0 Å².